The first kappa shape index (κ1) is 75.8. The molecule has 0 saturated carbocycles. The summed E-state index contributed by atoms with van der Waals surface area (Å²) >= 11 is 0. The van der Waals surface area contributed by atoms with E-state index < -0.39 is 12.1 Å². The molecule has 1 amide bonds. The van der Waals surface area contributed by atoms with Gasteiger partial charge in [0.1, 0.15) is 0 Å². The lowest BCUT2D eigenvalue weighted by atomic mass is 10.0. The van der Waals surface area contributed by atoms with E-state index in [1.165, 1.54) is 276 Å². The average Bonchev–Trinajstić information content (AvgIpc) is 3.44. The number of hydrogen-bond donors (Lipinski definition) is 3. The molecule has 0 aliphatic heterocycles. The van der Waals surface area contributed by atoms with Crippen molar-refractivity contribution >= 4 is 11.9 Å². The molecule has 0 bridgehead atoms. The number of hydrogen-bond acceptors (Lipinski definition) is 5. The second-order valence-electron chi connectivity index (χ2n) is 23.9. The van der Waals surface area contributed by atoms with Crippen molar-refractivity contribution < 1.29 is 24.5 Å². The molecule has 2 atom stereocenters. The number of amides is 1. The van der Waals surface area contributed by atoms with Gasteiger partial charge in [-0.1, -0.05) is 319 Å². The Morgan fingerprint density at radius 2 is 0.641 bits per heavy atom. The van der Waals surface area contributed by atoms with Crippen molar-refractivity contribution in [1.82, 2.24) is 5.32 Å². The highest BCUT2D eigenvalue weighted by Crippen LogP contribution is 2.18. The zero-order valence-corrected chi connectivity index (χ0v) is 52.4. The van der Waals surface area contributed by atoms with E-state index in [0.29, 0.717) is 19.4 Å². The van der Waals surface area contributed by atoms with Crippen molar-refractivity contribution in [3.05, 3.63) is 48.6 Å². The molecule has 458 valence electrons. The van der Waals surface area contributed by atoms with E-state index in [2.05, 4.69) is 55.6 Å². The fraction of sp³-hybridized carbons (Fsp3) is 0.861. The van der Waals surface area contributed by atoms with Crippen molar-refractivity contribution in [2.24, 2.45) is 0 Å². The molecule has 0 heterocycles. The maximum Gasteiger partial charge on any atom is 0.305 e. The predicted octanol–water partition coefficient (Wildman–Crippen LogP) is 22.5. The molecule has 0 aliphatic carbocycles. The van der Waals surface area contributed by atoms with Gasteiger partial charge in [0, 0.05) is 12.8 Å². The summed E-state index contributed by atoms with van der Waals surface area (Å²) in [5.74, 6) is -0.0841. The topological polar surface area (TPSA) is 95.9 Å². The number of esters is 1. The van der Waals surface area contributed by atoms with Crippen LogP contribution in [-0.4, -0.2) is 47.4 Å². The van der Waals surface area contributed by atoms with E-state index in [4.69, 9.17) is 4.74 Å². The number of unbranched alkanes of at least 4 members (excludes halogenated alkanes) is 48. The molecule has 2 unspecified atom stereocenters. The first-order chi connectivity index (χ1) is 38.5. The van der Waals surface area contributed by atoms with E-state index in [0.717, 1.165) is 70.6 Å². The number of aliphatic hydroxyl groups is 2. The summed E-state index contributed by atoms with van der Waals surface area (Å²) < 4.78 is 5.49. The second kappa shape index (κ2) is 67.3. The molecular formula is C72H135NO5. The zero-order chi connectivity index (χ0) is 56.4. The van der Waals surface area contributed by atoms with Crippen LogP contribution in [0.2, 0.25) is 0 Å². The first-order valence-corrected chi connectivity index (χ1v) is 34.9. The van der Waals surface area contributed by atoms with E-state index >= 15 is 0 Å². The highest BCUT2D eigenvalue weighted by Gasteiger charge is 2.18. The van der Waals surface area contributed by atoms with Crippen LogP contribution in [0.4, 0.5) is 0 Å². The fourth-order valence-electron chi connectivity index (χ4n) is 10.7. The normalized spacial score (nSPS) is 12.8. The molecule has 0 aromatic rings. The molecule has 78 heavy (non-hydrogen) atoms. The lowest BCUT2D eigenvalue weighted by Crippen LogP contribution is -2.45. The first-order valence-electron chi connectivity index (χ1n) is 34.9. The molecule has 0 saturated heterocycles. The van der Waals surface area contributed by atoms with Crippen molar-refractivity contribution in [1.29, 1.82) is 0 Å². The van der Waals surface area contributed by atoms with Gasteiger partial charge in [-0.25, -0.2) is 0 Å². The van der Waals surface area contributed by atoms with Crippen LogP contribution in [0.3, 0.4) is 0 Å². The van der Waals surface area contributed by atoms with Gasteiger partial charge in [0.05, 0.1) is 25.4 Å². The Bertz CT molecular complexity index is 1310. The molecule has 0 spiro atoms. The summed E-state index contributed by atoms with van der Waals surface area (Å²) in [6.07, 6.45) is 87.5. The number of rotatable bonds is 65. The highest BCUT2D eigenvalue weighted by molar-refractivity contribution is 5.76. The minimum absolute atomic E-state index is 0.00478. The Morgan fingerprint density at radius 1 is 0.359 bits per heavy atom. The van der Waals surface area contributed by atoms with Crippen LogP contribution in [0.25, 0.3) is 0 Å². The average molecular weight is 1090 g/mol. The largest absolute Gasteiger partial charge is 0.466 e. The molecule has 0 aromatic carbocycles. The summed E-state index contributed by atoms with van der Waals surface area (Å²) in [6, 6.07) is -0.641. The van der Waals surface area contributed by atoms with Gasteiger partial charge in [0.15, 0.2) is 0 Å². The highest BCUT2D eigenvalue weighted by atomic mass is 16.5. The fourth-order valence-corrected chi connectivity index (χ4v) is 10.7. The van der Waals surface area contributed by atoms with Gasteiger partial charge in [-0.2, -0.15) is 0 Å². The van der Waals surface area contributed by atoms with Crippen LogP contribution in [0, 0.1) is 0 Å². The molecule has 3 N–H and O–H groups in total. The second-order valence-corrected chi connectivity index (χ2v) is 23.9. The number of ether oxygens (including phenoxy) is 1. The van der Waals surface area contributed by atoms with E-state index in [-0.39, 0.29) is 18.5 Å². The molecule has 0 aliphatic rings. The summed E-state index contributed by atoms with van der Waals surface area (Å²) in [7, 11) is 0. The third-order valence-corrected chi connectivity index (χ3v) is 16.1. The minimum Gasteiger partial charge on any atom is -0.466 e. The predicted molar refractivity (Wildman–Crippen MR) is 342 cm³/mol. The maximum absolute atomic E-state index is 12.5. The van der Waals surface area contributed by atoms with Crippen LogP contribution in [0.15, 0.2) is 48.6 Å². The number of carbonyl (C=O) groups is 2. The summed E-state index contributed by atoms with van der Waals surface area (Å²) in [5.41, 5.74) is 0. The van der Waals surface area contributed by atoms with E-state index in [9.17, 15) is 19.8 Å². The Balaban J connectivity index is 3.47. The summed E-state index contributed by atoms with van der Waals surface area (Å²) in [5, 5.41) is 23.3. The zero-order valence-electron chi connectivity index (χ0n) is 52.4. The van der Waals surface area contributed by atoms with Crippen molar-refractivity contribution in [3.8, 4) is 0 Å². The molecule has 0 fully saturated rings. The smallest absolute Gasteiger partial charge is 0.305 e. The van der Waals surface area contributed by atoms with Gasteiger partial charge < -0.3 is 20.3 Å². The number of allylic oxidation sites excluding steroid dienone is 7. The van der Waals surface area contributed by atoms with Crippen molar-refractivity contribution in [3.63, 3.8) is 0 Å². The molecule has 6 nitrogen and oxygen atoms in total. The van der Waals surface area contributed by atoms with Gasteiger partial charge in [-0.15, -0.1) is 0 Å². The SMILES string of the molecule is CCCCCC/C=C\C/C=C\CCCCCCCCCC(=O)OCCCCCCCCCCC/C=C\CCCCCCCC(=O)NC(CO)C(O)/C=C/CCCCCCCCCCCCCCCCCCCCCCCCC. The van der Waals surface area contributed by atoms with E-state index in [1.54, 1.807) is 6.08 Å². The summed E-state index contributed by atoms with van der Waals surface area (Å²) in [4.78, 5) is 24.6. The van der Waals surface area contributed by atoms with Gasteiger partial charge in [0.25, 0.3) is 0 Å². The Hall–Kier alpha value is -2.18. The van der Waals surface area contributed by atoms with Gasteiger partial charge in [0.2, 0.25) is 5.91 Å². The Labute approximate surface area is 486 Å². The lowest BCUT2D eigenvalue weighted by Gasteiger charge is -2.20. The van der Waals surface area contributed by atoms with Crippen LogP contribution in [0.1, 0.15) is 373 Å². The molecule has 0 aromatic heterocycles. The Morgan fingerprint density at radius 3 is 1.00 bits per heavy atom. The Kier molecular flexibility index (Phi) is 65.4. The number of nitrogens with one attached hydrogen (secondary N) is 1. The quantitative estimate of drug-likeness (QED) is 0.0320. The van der Waals surface area contributed by atoms with Crippen LogP contribution in [0.5, 0.6) is 0 Å². The summed E-state index contributed by atoms with van der Waals surface area (Å²) in [6.45, 7) is 4.90. The van der Waals surface area contributed by atoms with E-state index in [1.807, 2.05) is 6.08 Å². The van der Waals surface area contributed by atoms with Crippen molar-refractivity contribution in [2.45, 2.75) is 386 Å². The third-order valence-electron chi connectivity index (χ3n) is 16.1. The van der Waals surface area contributed by atoms with Crippen LogP contribution < -0.4 is 5.32 Å². The van der Waals surface area contributed by atoms with Crippen LogP contribution in [-0.2, 0) is 14.3 Å². The van der Waals surface area contributed by atoms with Crippen molar-refractivity contribution in [2.75, 3.05) is 13.2 Å². The third kappa shape index (κ3) is 63.0. The minimum atomic E-state index is -0.856. The molecule has 0 rings (SSSR count). The maximum atomic E-state index is 12.5. The number of aliphatic hydroxyl groups excluding tert-OH is 2. The van der Waals surface area contributed by atoms with Crippen LogP contribution >= 0.6 is 0 Å². The van der Waals surface area contributed by atoms with Gasteiger partial charge >= 0.3 is 5.97 Å². The standard InChI is InChI=1S/C72H135NO5/c1-3-5-7-9-11-13-15-17-19-21-23-24-25-26-27-28-29-32-36-40-44-48-52-56-60-64-70(75)69(68-74)73-71(76)65-61-57-53-49-45-41-37-33-30-31-35-39-43-47-51-55-59-63-67-78-72(77)66-62-58-54-50-46-42-38-34-22-20-18-16-14-12-10-8-6-4-2/h14,16,20,22,33,37,60,64,69-70,74-75H,3-13,15,17-19,21,23-32,34-36,38-59,61-63,65-68H2,1-2H3,(H,73,76)/b16-14-,22-20-,37-33-,64-60+. The van der Waals surface area contributed by atoms with Gasteiger partial charge in [-0.3, -0.25) is 9.59 Å². The molecule has 6 heteroatoms. The lowest BCUT2D eigenvalue weighted by molar-refractivity contribution is -0.143. The molecule has 0 radical (unpaired) electrons. The molecular weight excluding hydrogens is 959 g/mol. The number of carbonyl (C=O) groups excluding carboxylic acids is 2. The van der Waals surface area contributed by atoms with Gasteiger partial charge in [-0.05, 0) is 89.9 Å². The monoisotopic (exact) mass is 1090 g/mol.